The van der Waals surface area contributed by atoms with Gasteiger partial charge in [-0.25, -0.2) is 0 Å². The zero-order valence-electron chi connectivity index (χ0n) is 10.4. The summed E-state index contributed by atoms with van der Waals surface area (Å²) in [4.78, 5) is 4.55. The second-order valence-electron chi connectivity index (χ2n) is 4.62. The van der Waals surface area contributed by atoms with Gasteiger partial charge in [-0.15, -0.1) is 0 Å². The minimum Gasteiger partial charge on any atom is -0.256 e. The Hall–Kier alpha value is -2.15. The summed E-state index contributed by atoms with van der Waals surface area (Å²) in [5, 5.41) is 0. The Morgan fingerprint density at radius 3 is 2.83 bits per heavy atom. The summed E-state index contributed by atoms with van der Waals surface area (Å²) in [6.07, 6.45) is 5.23. The summed E-state index contributed by atoms with van der Waals surface area (Å²) in [6.45, 7) is 2.09. The number of aryl methyl sites for hydroxylation is 1. The van der Waals surface area contributed by atoms with Crippen LogP contribution < -0.4 is 0 Å². The molecule has 0 radical (unpaired) electrons. The van der Waals surface area contributed by atoms with Gasteiger partial charge < -0.3 is 0 Å². The van der Waals surface area contributed by atoms with Crippen LogP contribution in [-0.2, 0) is 6.42 Å². The van der Waals surface area contributed by atoms with Crippen LogP contribution >= 0.6 is 0 Å². The number of hydrogen-bond donors (Lipinski definition) is 0. The molecule has 0 spiro atoms. The number of fused-ring (bicyclic) bond motifs is 1. The molecule has 1 aliphatic carbocycles. The van der Waals surface area contributed by atoms with Crippen molar-refractivity contribution in [3.8, 4) is 0 Å². The Kier molecular flexibility index (Phi) is 2.81. The average Bonchev–Trinajstić information content (AvgIpc) is 2.80. The first-order valence-corrected chi connectivity index (χ1v) is 6.22. The van der Waals surface area contributed by atoms with Crippen molar-refractivity contribution in [3.63, 3.8) is 0 Å². The van der Waals surface area contributed by atoms with Gasteiger partial charge in [-0.3, -0.25) is 4.99 Å². The topological polar surface area (TPSA) is 12.4 Å². The highest BCUT2D eigenvalue weighted by Gasteiger charge is 2.10. The van der Waals surface area contributed by atoms with E-state index in [1.165, 1.54) is 22.3 Å². The quantitative estimate of drug-likeness (QED) is 0.684. The summed E-state index contributed by atoms with van der Waals surface area (Å²) in [7, 11) is 0. The predicted octanol–water partition coefficient (Wildman–Crippen LogP) is 4.34. The molecule has 3 rings (SSSR count). The first-order valence-electron chi connectivity index (χ1n) is 6.22. The highest BCUT2D eigenvalue weighted by Crippen LogP contribution is 2.26. The summed E-state index contributed by atoms with van der Waals surface area (Å²) in [5.74, 6) is 0. The molecule has 0 amide bonds. The highest BCUT2D eigenvalue weighted by atomic mass is 14.7. The van der Waals surface area contributed by atoms with E-state index in [2.05, 4.69) is 54.4 Å². The Morgan fingerprint density at radius 1 is 1.06 bits per heavy atom. The lowest BCUT2D eigenvalue weighted by molar-refractivity contribution is 1.31. The minimum absolute atomic E-state index is 1.01. The Labute approximate surface area is 108 Å². The molecule has 0 saturated carbocycles. The van der Waals surface area contributed by atoms with E-state index in [4.69, 9.17) is 0 Å². The molecule has 0 unspecified atom stereocenters. The maximum absolute atomic E-state index is 4.55. The molecule has 0 heterocycles. The number of benzene rings is 2. The molecule has 0 aromatic heterocycles. The van der Waals surface area contributed by atoms with Gasteiger partial charge in [0.2, 0.25) is 0 Å². The van der Waals surface area contributed by atoms with Crippen molar-refractivity contribution < 1.29 is 0 Å². The van der Waals surface area contributed by atoms with Crippen molar-refractivity contribution in [2.24, 2.45) is 4.99 Å². The number of rotatable bonds is 2. The van der Waals surface area contributed by atoms with Crippen LogP contribution in [0.4, 0.5) is 5.69 Å². The van der Waals surface area contributed by atoms with Crippen molar-refractivity contribution in [1.82, 2.24) is 0 Å². The van der Waals surface area contributed by atoms with Crippen LogP contribution in [0.25, 0.3) is 5.57 Å². The van der Waals surface area contributed by atoms with Crippen LogP contribution in [-0.4, -0.2) is 6.21 Å². The minimum atomic E-state index is 1.01. The average molecular weight is 233 g/mol. The van der Waals surface area contributed by atoms with E-state index in [1.807, 2.05) is 18.3 Å². The van der Waals surface area contributed by atoms with Gasteiger partial charge in [0.1, 0.15) is 0 Å². The molecule has 0 atom stereocenters. The van der Waals surface area contributed by atoms with Gasteiger partial charge >= 0.3 is 0 Å². The molecular formula is C17H15N. The van der Waals surface area contributed by atoms with Crippen molar-refractivity contribution in [2.45, 2.75) is 13.3 Å². The lowest BCUT2D eigenvalue weighted by atomic mass is 10.1. The Balaban J connectivity index is 1.87. The van der Waals surface area contributed by atoms with Gasteiger partial charge in [-0.2, -0.15) is 0 Å². The monoisotopic (exact) mass is 233 g/mol. The van der Waals surface area contributed by atoms with Crippen molar-refractivity contribution in [2.75, 3.05) is 0 Å². The number of allylic oxidation sites excluding steroid dienone is 2. The molecule has 18 heavy (non-hydrogen) atoms. The third kappa shape index (κ3) is 2.12. The second kappa shape index (κ2) is 4.61. The van der Waals surface area contributed by atoms with E-state index in [1.54, 1.807) is 0 Å². The third-order valence-corrected chi connectivity index (χ3v) is 3.22. The normalized spacial score (nSPS) is 13.7. The summed E-state index contributed by atoms with van der Waals surface area (Å²) in [6, 6.07) is 16.8. The predicted molar refractivity (Wildman–Crippen MR) is 77.5 cm³/mol. The first-order chi connectivity index (χ1) is 8.83. The molecule has 0 saturated heterocycles. The van der Waals surface area contributed by atoms with Crippen LogP contribution in [0.5, 0.6) is 0 Å². The standard InChI is InChI=1S/C17H15N/c1-13-5-4-7-16(11-13)18-12-15-10-9-14-6-2-3-8-17(14)15/h2-8,10-12H,9H2,1H3. The smallest absolute Gasteiger partial charge is 0.0632 e. The maximum atomic E-state index is 4.55. The van der Waals surface area contributed by atoms with E-state index in [-0.39, 0.29) is 0 Å². The largest absolute Gasteiger partial charge is 0.256 e. The zero-order valence-corrected chi connectivity index (χ0v) is 10.4. The molecule has 1 nitrogen and oxygen atoms in total. The Bertz CT molecular complexity index is 636. The molecule has 0 N–H and O–H groups in total. The first kappa shape index (κ1) is 11.0. The van der Waals surface area contributed by atoms with Crippen LogP contribution in [0.15, 0.2) is 59.6 Å². The molecule has 2 aromatic rings. The summed E-state index contributed by atoms with van der Waals surface area (Å²) in [5.41, 5.74) is 6.19. The van der Waals surface area contributed by atoms with Gasteiger partial charge in [0, 0.05) is 6.21 Å². The van der Waals surface area contributed by atoms with E-state index in [0.717, 1.165) is 12.1 Å². The fourth-order valence-electron chi connectivity index (χ4n) is 2.28. The maximum Gasteiger partial charge on any atom is 0.0632 e. The number of nitrogens with zero attached hydrogens (tertiary/aromatic N) is 1. The lowest BCUT2D eigenvalue weighted by Gasteiger charge is -2.00. The zero-order chi connectivity index (χ0) is 12.4. The van der Waals surface area contributed by atoms with Crippen molar-refractivity contribution in [3.05, 3.63) is 71.3 Å². The van der Waals surface area contributed by atoms with Gasteiger partial charge in [0.25, 0.3) is 0 Å². The highest BCUT2D eigenvalue weighted by molar-refractivity contribution is 6.12. The van der Waals surface area contributed by atoms with Crippen molar-refractivity contribution in [1.29, 1.82) is 0 Å². The fraction of sp³-hybridized carbons (Fsp3) is 0.118. The molecular weight excluding hydrogens is 218 g/mol. The molecule has 1 aliphatic rings. The molecule has 0 bridgehead atoms. The van der Waals surface area contributed by atoms with Crippen LogP contribution in [0.2, 0.25) is 0 Å². The van der Waals surface area contributed by atoms with Crippen molar-refractivity contribution >= 4 is 17.5 Å². The number of hydrogen-bond acceptors (Lipinski definition) is 1. The lowest BCUT2D eigenvalue weighted by Crippen LogP contribution is -1.84. The van der Waals surface area contributed by atoms with E-state index < -0.39 is 0 Å². The summed E-state index contributed by atoms with van der Waals surface area (Å²) >= 11 is 0. The van der Waals surface area contributed by atoms with Gasteiger partial charge in [0.05, 0.1) is 5.69 Å². The Morgan fingerprint density at radius 2 is 1.94 bits per heavy atom. The second-order valence-corrected chi connectivity index (χ2v) is 4.62. The van der Waals surface area contributed by atoms with Crippen LogP contribution in [0.1, 0.15) is 16.7 Å². The molecule has 88 valence electrons. The van der Waals surface area contributed by atoms with E-state index >= 15 is 0 Å². The molecule has 0 aliphatic heterocycles. The van der Waals surface area contributed by atoms with E-state index in [0.29, 0.717) is 0 Å². The van der Waals surface area contributed by atoms with Crippen LogP contribution in [0.3, 0.4) is 0 Å². The molecule has 1 heteroatoms. The third-order valence-electron chi connectivity index (χ3n) is 3.22. The number of aliphatic imine (C=N–C) groups is 1. The van der Waals surface area contributed by atoms with Gasteiger partial charge in [-0.05, 0) is 47.7 Å². The fourth-order valence-corrected chi connectivity index (χ4v) is 2.28. The molecule has 2 aromatic carbocycles. The van der Waals surface area contributed by atoms with E-state index in [9.17, 15) is 0 Å². The summed E-state index contributed by atoms with van der Waals surface area (Å²) < 4.78 is 0. The SMILES string of the molecule is Cc1cccc(N=CC2=CCc3ccccc32)c1. The van der Waals surface area contributed by atoms with Gasteiger partial charge in [-0.1, -0.05) is 42.5 Å². The van der Waals surface area contributed by atoms with Gasteiger partial charge in [0.15, 0.2) is 0 Å². The van der Waals surface area contributed by atoms with Crippen LogP contribution in [0, 0.1) is 6.92 Å². The molecule has 0 fully saturated rings.